The predicted octanol–water partition coefficient (Wildman–Crippen LogP) is 3.95. The van der Waals surface area contributed by atoms with E-state index < -0.39 is 17.6 Å². The number of carbonyl (C=O) groups excluding carboxylic acids is 1. The van der Waals surface area contributed by atoms with Crippen LogP contribution < -0.4 is 5.32 Å². The molecule has 0 saturated heterocycles. The van der Waals surface area contributed by atoms with E-state index in [1.165, 1.54) is 16.8 Å². The topological polar surface area (TPSA) is 51.9 Å². The largest absolute Gasteiger partial charge is 0.416 e. The summed E-state index contributed by atoms with van der Waals surface area (Å²) in [6.07, 6.45) is -4.42. The zero-order valence-electron chi connectivity index (χ0n) is 12.6. The summed E-state index contributed by atoms with van der Waals surface area (Å²) < 4.78 is 42.2. The maximum absolute atomic E-state index is 12.8. The standard InChI is InChI=1S/C15H12BrF3N4O/c1-22-10-4-3-9(15(17,18)19)5-8(10)6-11(22)14(24)20-13-7-12(16)23(2)21-13/h3-7H,1-2H3,(H,20,21,24). The van der Waals surface area contributed by atoms with E-state index in [1.54, 1.807) is 24.7 Å². The summed E-state index contributed by atoms with van der Waals surface area (Å²) in [5.41, 5.74) is 0.0302. The van der Waals surface area contributed by atoms with Crippen LogP contribution in [0.15, 0.2) is 34.9 Å². The molecule has 0 atom stereocenters. The van der Waals surface area contributed by atoms with Gasteiger partial charge < -0.3 is 9.88 Å². The molecule has 1 N–H and O–H groups in total. The highest BCUT2D eigenvalue weighted by Gasteiger charge is 2.31. The third kappa shape index (κ3) is 2.91. The average molecular weight is 401 g/mol. The van der Waals surface area contributed by atoms with Gasteiger partial charge in [0.2, 0.25) is 0 Å². The molecular formula is C15H12BrF3N4O. The maximum Gasteiger partial charge on any atom is 0.416 e. The summed E-state index contributed by atoms with van der Waals surface area (Å²) in [6, 6.07) is 6.44. The first-order valence-corrected chi connectivity index (χ1v) is 7.63. The van der Waals surface area contributed by atoms with Crippen molar-refractivity contribution in [2.45, 2.75) is 6.18 Å². The number of halogens is 4. The van der Waals surface area contributed by atoms with E-state index in [0.717, 1.165) is 12.1 Å². The fraction of sp³-hybridized carbons (Fsp3) is 0.200. The van der Waals surface area contributed by atoms with Crippen LogP contribution in [0.3, 0.4) is 0 Å². The third-order valence-corrected chi connectivity index (χ3v) is 4.41. The molecule has 2 aromatic heterocycles. The molecule has 0 spiro atoms. The first kappa shape index (κ1) is 16.6. The molecule has 0 aliphatic carbocycles. The molecule has 3 rings (SSSR count). The summed E-state index contributed by atoms with van der Waals surface area (Å²) in [4.78, 5) is 12.4. The zero-order chi connectivity index (χ0) is 17.6. The van der Waals surface area contributed by atoms with Gasteiger partial charge >= 0.3 is 6.18 Å². The van der Waals surface area contributed by atoms with Crippen LogP contribution >= 0.6 is 15.9 Å². The van der Waals surface area contributed by atoms with Gasteiger partial charge in [-0.25, -0.2) is 0 Å². The Hall–Kier alpha value is -2.29. The third-order valence-electron chi connectivity index (χ3n) is 3.67. The quantitative estimate of drug-likeness (QED) is 0.707. The summed E-state index contributed by atoms with van der Waals surface area (Å²) in [7, 11) is 3.33. The second-order valence-corrected chi connectivity index (χ2v) is 6.10. The lowest BCUT2D eigenvalue weighted by Gasteiger charge is -2.07. The number of rotatable bonds is 2. The minimum Gasteiger partial charge on any atom is -0.340 e. The lowest BCUT2D eigenvalue weighted by atomic mass is 10.1. The van der Waals surface area contributed by atoms with Crippen molar-refractivity contribution < 1.29 is 18.0 Å². The fourth-order valence-electron chi connectivity index (χ4n) is 2.43. The fourth-order valence-corrected chi connectivity index (χ4v) is 2.73. The highest BCUT2D eigenvalue weighted by Crippen LogP contribution is 2.32. The van der Waals surface area contributed by atoms with E-state index in [-0.39, 0.29) is 5.69 Å². The predicted molar refractivity (Wildman–Crippen MR) is 86.8 cm³/mol. The van der Waals surface area contributed by atoms with Gasteiger partial charge in [-0.05, 0) is 40.2 Å². The normalized spacial score (nSPS) is 11.9. The number of nitrogens with zero attached hydrogens (tertiary/aromatic N) is 3. The summed E-state index contributed by atoms with van der Waals surface area (Å²) >= 11 is 3.27. The molecule has 0 aliphatic heterocycles. The van der Waals surface area contributed by atoms with Crippen molar-refractivity contribution in [2.75, 3.05) is 5.32 Å². The monoisotopic (exact) mass is 400 g/mol. The number of aromatic nitrogens is 3. The molecule has 1 amide bonds. The van der Waals surface area contributed by atoms with E-state index in [2.05, 4.69) is 26.3 Å². The molecule has 9 heteroatoms. The van der Waals surface area contributed by atoms with Gasteiger partial charge in [-0.1, -0.05) is 0 Å². The molecule has 5 nitrogen and oxygen atoms in total. The van der Waals surface area contributed by atoms with Crippen molar-refractivity contribution in [2.24, 2.45) is 14.1 Å². The zero-order valence-corrected chi connectivity index (χ0v) is 14.2. The number of hydrogen-bond donors (Lipinski definition) is 1. The van der Waals surface area contributed by atoms with Crippen LogP contribution in [0.1, 0.15) is 16.1 Å². The molecule has 0 saturated carbocycles. The van der Waals surface area contributed by atoms with E-state index in [0.29, 0.717) is 21.3 Å². The van der Waals surface area contributed by atoms with Crippen LogP contribution in [0.4, 0.5) is 19.0 Å². The van der Waals surface area contributed by atoms with Gasteiger partial charge in [0.1, 0.15) is 10.3 Å². The van der Waals surface area contributed by atoms with Gasteiger partial charge in [-0.2, -0.15) is 18.3 Å². The Labute approximate surface area is 143 Å². The minimum absolute atomic E-state index is 0.242. The minimum atomic E-state index is -4.42. The molecule has 126 valence electrons. The molecule has 0 aliphatic rings. The Kier molecular flexibility index (Phi) is 3.90. The summed E-state index contributed by atoms with van der Waals surface area (Å²) in [5.74, 6) is -0.108. The number of benzene rings is 1. The van der Waals surface area contributed by atoms with Crippen LogP contribution in [-0.2, 0) is 20.3 Å². The highest BCUT2D eigenvalue weighted by molar-refractivity contribution is 9.10. The molecule has 0 bridgehead atoms. The molecule has 24 heavy (non-hydrogen) atoms. The van der Waals surface area contributed by atoms with E-state index in [4.69, 9.17) is 0 Å². The second-order valence-electron chi connectivity index (χ2n) is 5.29. The van der Waals surface area contributed by atoms with Crippen molar-refractivity contribution in [1.29, 1.82) is 0 Å². The van der Waals surface area contributed by atoms with Crippen molar-refractivity contribution >= 4 is 38.6 Å². The van der Waals surface area contributed by atoms with Gasteiger partial charge in [0.15, 0.2) is 5.82 Å². The Balaban J connectivity index is 1.97. The van der Waals surface area contributed by atoms with Crippen molar-refractivity contribution in [3.63, 3.8) is 0 Å². The van der Waals surface area contributed by atoms with Crippen LogP contribution in [-0.4, -0.2) is 20.3 Å². The Morgan fingerprint density at radius 3 is 2.50 bits per heavy atom. The van der Waals surface area contributed by atoms with Crippen LogP contribution in [0, 0.1) is 0 Å². The number of fused-ring (bicyclic) bond motifs is 1. The highest BCUT2D eigenvalue weighted by atomic mass is 79.9. The van der Waals surface area contributed by atoms with Crippen molar-refractivity contribution in [1.82, 2.24) is 14.3 Å². The summed E-state index contributed by atoms with van der Waals surface area (Å²) in [6.45, 7) is 0. The van der Waals surface area contributed by atoms with Gasteiger partial charge in [0.25, 0.3) is 5.91 Å². The van der Waals surface area contributed by atoms with E-state index in [1.807, 2.05) is 0 Å². The number of aryl methyl sites for hydroxylation is 2. The first-order valence-electron chi connectivity index (χ1n) is 6.84. The molecule has 0 radical (unpaired) electrons. The smallest absolute Gasteiger partial charge is 0.340 e. The number of anilines is 1. The molecule has 3 aromatic rings. The molecule has 0 unspecified atom stereocenters. The van der Waals surface area contributed by atoms with Crippen LogP contribution in [0.5, 0.6) is 0 Å². The Morgan fingerprint density at radius 1 is 1.21 bits per heavy atom. The Morgan fingerprint density at radius 2 is 1.92 bits per heavy atom. The van der Waals surface area contributed by atoms with E-state index >= 15 is 0 Å². The molecule has 1 aromatic carbocycles. The second kappa shape index (κ2) is 5.66. The lowest BCUT2D eigenvalue weighted by molar-refractivity contribution is -0.137. The number of carbonyl (C=O) groups is 1. The van der Waals surface area contributed by atoms with Gasteiger partial charge in [-0.15, -0.1) is 0 Å². The van der Waals surface area contributed by atoms with Gasteiger partial charge in [-0.3, -0.25) is 9.48 Å². The lowest BCUT2D eigenvalue weighted by Crippen LogP contribution is -2.16. The number of alkyl halides is 3. The van der Waals surface area contributed by atoms with Gasteiger partial charge in [0.05, 0.1) is 5.56 Å². The Bertz CT molecular complexity index is 923. The van der Waals surface area contributed by atoms with E-state index in [9.17, 15) is 18.0 Å². The molecule has 2 heterocycles. The SMILES string of the molecule is Cn1nc(NC(=O)c2cc3cc(C(F)(F)F)ccc3n2C)cc1Br. The number of nitrogens with one attached hydrogen (secondary N) is 1. The molecule has 0 fully saturated rings. The molecular weight excluding hydrogens is 389 g/mol. The average Bonchev–Trinajstić information content (AvgIpc) is 2.98. The van der Waals surface area contributed by atoms with Crippen LogP contribution in [0.2, 0.25) is 0 Å². The first-order chi connectivity index (χ1) is 11.2. The maximum atomic E-state index is 12.8. The summed E-state index contributed by atoms with van der Waals surface area (Å²) in [5, 5.41) is 7.06. The van der Waals surface area contributed by atoms with Gasteiger partial charge in [0, 0.05) is 31.1 Å². The van der Waals surface area contributed by atoms with Crippen molar-refractivity contribution in [3.05, 3.63) is 46.2 Å². The van der Waals surface area contributed by atoms with Crippen LogP contribution in [0.25, 0.3) is 10.9 Å². The van der Waals surface area contributed by atoms with Crippen molar-refractivity contribution in [3.8, 4) is 0 Å². The number of amides is 1. The number of hydrogen-bond acceptors (Lipinski definition) is 2.